The van der Waals surface area contributed by atoms with Crippen LogP contribution in [0.3, 0.4) is 0 Å². The van der Waals surface area contributed by atoms with E-state index in [2.05, 4.69) is 4.74 Å². The summed E-state index contributed by atoms with van der Waals surface area (Å²) < 4.78 is 5.59. The van der Waals surface area contributed by atoms with Gasteiger partial charge in [0.05, 0.1) is 0 Å². The summed E-state index contributed by atoms with van der Waals surface area (Å²) >= 11 is 0.120. The molecule has 0 aliphatic carbocycles. The number of hydrogen-bond acceptors (Lipinski definition) is 3. The normalized spacial score (nSPS) is 12.1. The van der Waals surface area contributed by atoms with Crippen molar-refractivity contribution in [2.45, 2.75) is 11.4 Å². The molecular weight excluding hydrogens is 247 g/mol. The molecule has 0 unspecified atom stereocenters. The standard InChI is InChI=1S/C10H12O3Se/c1-13-10(12)9(11)7-14-8-5-3-2-4-6-8/h2-6,9,11H,7H2,1H3/t9-/m0/s1. The van der Waals surface area contributed by atoms with Crippen LogP contribution in [0.2, 0.25) is 5.32 Å². The van der Waals surface area contributed by atoms with Gasteiger partial charge in [-0.2, -0.15) is 0 Å². The van der Waals surface area contributed by atoms with Crippen LogP contribution < -0.4 is 4.46 Å². The summed E-state index contributed by atoms with van der Waals surface area (Å²) in [6, 6.07) is 9.81. The molecule has 0 aromatic heterocycles. The second-order valence-corrected chi connectivity index (χ2v) is 4.96. The van der Waals surface area contributed by atoms with Crippen molar-refractivity contribution < 1.29 is 14.6 Å². The van der Waals surface area contributed by atoms with Crippen LogP contribution in [-0.4, -0.2) is 39.2 Å². The summed E-state index contributed by atoms with van der Waals surface area (Å²) in [6.45, 7) is 0. The molecule has 1 N–H and O–H groups in total. The van der Waals surface area contributed by atoms with Crippen molar-refractivity contribution >= 4 is 25.4 Å². The van der Waals surface area contributed by atoms with Crippen LogP contribution in [0.25, 0.3) is 0 Å². The fraction of sp³-hybridized carbons (Fsp3) is 0.300. The van der Waals surface area contributed by atoms with Crippen molar-refractivity contribution in [2.75, 3.05) is 7.11 Å². The molecule has 76 valence electrons. The van der Waals surface area contributed by atoms with Gasteiger partial charge < -0.3 is 0 Å². The number of benzene rings is 1. The van der Waals surface area contributed by atoms with Gasteiger partial charge in [-0.05, 0) is 0 Å². The van der Waals surface area contributed by atoms with Crippen LogP contribution in [0.5, 0.6) is 0 Å². The van der Waals surface area contributed by atoms with Crippen LogP contribution in [0.1, 0.15) is 0 Å². The number of carbonyl (C=O) groups is 1. The van der Waals surface area contributed by atoms with Gasteiger partial charge in [0.1, 0.15) is 0 Å². The first-order chi connectivity index (χ1) is 6.74. The monoisotopic (exact) mass is 260 g/mol. The molecule has 0 bridgehead atoms. The van der Waals surface area contributed by atoms with Gasteiger partial charge in [-0.3, -0.25) is 0 Å². The molecule has 0 saturated carbocycles. The molecule has 1 rings (SSSR count). The first-order valence-corrected chi connectivity index (χ1v) is 6.24. The third-order valence-electron chi connectivity index (χ3n) is 1.62. The molecule has 0 fully saturated rings. The third kappa shape index (κ3) is 3.50. The predicted octanol–water partition coefficient (Wildman–Crippen LogP) is -0.0317. The zero-order valence-corrected chi connectivity index (χ0v) is 9.56. The van der Waals surface area contributed by atoms with E-state index < -0.39 is 12.1 Å². The van der Waals surface area contributed by atoms with E-state index in [1.165, 1.54) is 11.6 Å². The number of aliphatic hydroxyl groups is 1. The summed E-state index contributed by atoms with van der Waals surface area (Å²) in [6.07, 6.45) is -0.986. The fourth-order valence-corrected chi connectivity index (χ4v) is 2.65. The van der Waals surface area contributed by atoms with Crippen molar-refractivity contribution in [3.63, 3.8) is 0 Å². The summed E-state index contributed by atoms with van der Waals surface area (Å²) in [5, 5.41) is 9.78. The Morgan fingerprint density at radius 3 is 2.71 bits per heavy atom. The van der Waals surface area contributed by atoms with E-state index >= 15 is 0 Å². The molecule has 0 saturated heterocycles. The molecule has 0 aliphatic rings. The average Bonchev–Trinajstić information content (AvgIpc) is 2.26. The van der Waals surface area contributed by atoms with E-state index in [4.69, 9.17) is 0 Å². The van der Waals surface area contributed by atoms with Crippen LogP contribution in [0.4, 0.5) is 0 Å². The molecule has 0 spiro atoms. The molecule has 14 heavy (non-hydrogen) atoms. The van der Waals surface area contributed by atoms with E-state index in [9.17, 15) is 9.90 Å². The van der Waals surface area contributed by atoms with E-state index in [-0.39, 0.29) is 15.0 Å². The molecule has 4 heteroatoms. The Balaban J connectivity index is 2.38. The number of aliphatic hydroxyl groups excluding tert-OH is 1. The zero-order chi connectivity index (χ0) is 10.4. The molecular formula is C10H12O3Se. The van der Waals surface area contributed by atoms with Crippen LogP contribution in [0, 0.1) is 0 Å². The van der Waals surface area contributed by atoms with Crippen molar-refractivity contribution in [2.24, 2.45) is 0 Å². The van der Waals surface area contributed by atoms with Gasteiger partial charge in [-0.25, -0.2) is 0 Å². The molecule has 0 radical (unpaired) electrons. The Hall–Kier alpha value is -0.831. The number of methoxy groups -OCH3 is 1. The molecule has 1 atom stereocenters. The van der Waals surface area contributed by atoms with E-state index in [0.29, 0.717) is 5.32 Å². The van der Waals surface area contributed by atoms with Crippen molar-refractivity contribution in [3.8, 4) is 0 Å². The van der Waals surface area contributed by atoms with Crippen LogP contribution in [-0.2, 0) is 9.53 Å². The quantitative estimate of drug-likeness (QED) is 0.610. The Bertz CT molecular complexity index is 287. The van der Waals surface area contributed by atoms with Crippen LogP contribution in [0.15, 0.2) is 30.3 Å². The molecule has 1 aromatic rings. The van der Waals surface area contributed by atoms with Gasteiger partial charge in [0.2, 0.25) is 0 Å². The van der Waals surface area contributed by atoms with E-state index in [1.807, 2.05) is 30.3 Å². The van der Waals surface area contributed by atoms with Gasteiger partial charge in [-0.1, -0.05) is 0 Å². The van der Waals surface area contributed by atoms with Gasteiger partial charge in [0.15, 0.2) is 0 Å². The number of carbonyl (C=O) groups excluding carboxylic acids is 1. The van der Waals surface area contributed by atoms with E-state index in [0.717, 1.165) is 0 Å². The van der Waals surface area contributed by atoms with Gasteiger partial charge in [0.25, 0.3) is 0 Å². The Morgan fingerprint density at radius 1 is 1.50 bits per heavy atom. The number of rotatable bonds is 4. The SMILES string of the molecule is COC(=O)[C@@H](O)C[Se]c1ccccc1. The number of esters is 1. The van der Waals surface area contributed by atoms with E-state index in [1.54, 1.807) is 0 Å². The fourth-order valence-electron chi connectivity index (χ4n) is 0.896. The number of hydrogen-bond donors (Lipinski definition) is 1. The molecule has 0 aliphatic heterocycles. The van der Waals surface area contributed by atoms with Crippen molar-refractivity contribution in [1.29, 1.82) is 0 Å². The second-order valence-electron chi connectivity index (χ2n) is 2.66. The molecule has 1 aromatic carbocycles. The van der Waals surface area contributed by atoms with Gasteiger partial charge >= 0.3 is 88.9 Å². The minimum atomic E-state index is -0.986. The number of ether oxygens (including phenoxy) is 1. The first-order valence-electron chi connectivity index (χ1n) is 4.18. The van der Waals surface area contributed by atoms with Crippen molar-refractivity contribution in [3.05, 3.63) is 30.3 Å². The topological polar surface area (TPSA) is 46.5 Å². The van der Waals surface area contributed by atoms with Gasteiger partial charge in [-0.15, -0.1) is 0 Å². The van der Waals surface area contributed by atoms with Crippen LogP contribution >= 0.6 is 0 Å². The molecule has 0 heterocycles. The molecule has 0 amide bonds. The average molecular weight is 259 g/mol. The molecule has 3 nitrogen and oxygen atoms in total. The maximum absolute atomic E-state index is 10.9. The first kappa shape index (κ1) is 11.2. The Labute approximate surface area is 89.2 Å². The van der Waals surface area contributed by atoms with Crippen molar-refractivity contribution in [1.82, 2.24) is 0 Å². The second kappa shape index (κ2) is 5.81. The Morgan fingerprint density at radius 2 is 2.14 bits per heavy atom. The third-order valence-corrected chi connectivity index (χ3v) is 3.91. The maximum atomic E-state index is 10.9. The zero-order valence-electron chi connectivity index (χ0n) is 7.84. The minimum absolute atomic E-state index is 0.120. The Kier molecular flexibility index (Phi) is 4.66. The predicted molar refractivity (Wildman–Crippen MR) is 54.7 cm³/mol. The summed E-state index contributed by atoms with van der Waals surface area (Å²) in [4.78, 5) is 10.9. The summed E-state index contributed by atoms with van der Waals surface area (Å²) in [7, 11) is 1.28. The summed E-state index contributed by atoms with van der Waals surface area (Å²) in [5.74, 6) is -0.553. The van der Waals surface area contributed by atoms with Gasteiger partial charge in [0, 0.05) is 0 Å². The summed E-state index contributed by atoms with van der Waals surface area (Å²) in [5.41, 5.74) is 0.